The second-order valence-corrected chi connectivity index (χ2v) is 7.31. The van der Waals surface area contributed by atoms with Crippen LogP contribution in [0.25, 0.3) is 21.6 Å². The van der Waals surface area contributed by atoms with Crippen LogP contribution in [0, 0.1) is 0 Å². The molecule has 6 nitrogen and oxygen atoms in total. The third kappa shape index (κ3) is 3.26. The van der Waals surface area contributed by atoms with Crippen molar-refractivity contribution in [3.63, 3.8) is 0 Å². The molecule has 3 heterocycles. The Kier molecular flexibility index (Phi) is 4.79. The predicted molar refractivity (Wildman–Crippen MR) is 105 cm³/mol. The van der Waals surface area contributed by atoms with E-state index in [1.165, 1.54) is 22.7 Å². The number of anilines is 1. The summed E-state index contributed by atoms with van der Waals surface area (Å²) >= 11 is 2.83. The number of hydrogen-bond acceptors (Lipinski definition) is 6. The van der Waals surface area contributed by atoms with Gasteiger partial charge in [-0.15, -0.1) is 22.7 Å². The van der Waals surface area contributed by atoms with Crippen LogP contribution >= 0.6 is 22.7 Å². The van der Waals surface area contributed by atoms with Crippen LogP contribution in [-0.2, 0) is 11.3 Å². The predicted octanol–water partition coefficient (Wildman–Crippen LogP) is 4.12. The molecule has 132 valence electrons. The minimum atomic E-state index is -0.248. The summed E-state index contributed by atoms with van der Waals surface area (Å²) in [4.78, 5) is 21.0. The molecular weight excluding hydrogens is 368 g/mol. The lowest BCUT2D eigenvalue weighted by Gasteiger charge is -2.08. The molecule has 0 aliphatic carbocycles. The van der Waals surface area contributed by atoms with E-state index in [1.54, 1.807) is 18.7 Å². The van der Waals surface area contributed by atoms with E-state index in [4.69, 9.17) is 4.74 Å². The van der Waals surface area contributed by atoms with Crippen molar-refractivity contribution in [3.8, 4) is 10.7 Å². The Morgan fingerprint density at radius 2 is 2.19 bits per heavy atom. The average molecular weight is 384 g/mol. The smallest absolute Gasteiger partial charge is 0.276 e. The Morgan fingerprint density at radius 3 is 3.00 bits per heavy atom. The number of aromatic nitrogens is 3. The van der Waals surface area contributed by atoms with Gasteiger partial charge in [-0.1, -0.05) is 18.2 Å². The molecule has 1 aromatic carbocycles. The van der Waals surface area contributed by atoms with Crippen LogP contribution < -0.4 is 5.32 Å². The van der Waals surface area contributed by atoms with Gasteiger partial charge in [-0.05, 0) is 12.1 Å². The largest absolute Gasteiger partial charge is 0.383 e. The molecule has 0 saturated carbocycles. The summed E-state index contributed by atoms with van der Waals surface area (Å²) in [5.41, 5.74) is 2.51. The van der Waals surface area contributed by atoms with Gasteiger partial charge >= 0.3 is 0 Å². The van der Waals surface area contributed by atoms with Crippen molar-refractivity contribution in [1.29, 1.82) is 0 Å². The molecule has 8 heteroatoms. The molecule has 0 aliphatic rings. The Bertz CT molecular complexity index is 1040. The number of carbonyl (C=O) groups is 1. The number of amides is 1. The maximum atomic E-state index is 12.4. The van der Waals surface area contributed by atoms with E-state index in [-0.39, 0.29) is 5.91 Å². The van der Waals surface area contributed by atoms with Gasteiger partial charge in [-0.3, -0.25) is 10.1 Å². The van der Waals surface area contributed by atoms with Crippen molar-refractivity contribution >= 4 is 44.6 Å². The topological polar surface area (TPSA) is 69.0 Å². The van der Waals surface area contributed by atoms with Crippen LogP contribution in [0.5, 0.6) is 0 Å². The highest BCUT2D eigenvalue weighted by molar-refractivity contribution is 7.14. The van der Waals surface area contributed by atoms with Crippen LogP contribution in [0.1, 0.15) is 10.5 Å². The number of rotatable bonds is 6. The highest BCUT2D eigenvalue weighted by Gasteiger charge is 2.17. The molecule has 0 saturated heterocycles. The van der Waals surface area contributed by atoms with Gasteiger partial charge in [0.2, 0.25) is 0 Å². The number of benzene rings is 1. The van der Waals surface area contributed by atoms with Gasteiger partial charge in [-0.25, -0.2) is 9.97 Å². The Hall–Kier alpha value is -2.55. The van der Waals surface area contributed by atoms with Crippen LogP contribution in [0.2, 0.25) is 0 Å². The first-order valence-corrected chi connectivity index (χ1v) is 9.76. The fraction of sp³-hybridized carbons (Fsp3) is 0.167. The number of hydrogen-bond donors (Lipinski definition) is 1. The number of ether oxygens (including phenoxy) is 1. The summed E-state index contributed by atoms with van der Waals surface area (Å²) in [6, 6.07) is 10.3. The SMILES string of the molecule is COCCn1c(-c2nc(C(=O)Nc3nccs3)cs2)cc2ccccc21. The standard InChI is InChI=1S/C18H16N4O2S2/c1-24-8-7-22-14-5-3-2-4-12(14)10-15(22)17-20-13(11-26-17)16(23)21-18-19-6-9-25-18/h2-6,9-11H,7-8H2,1H3,(H,19,21,23). The maximum Gasteiger partial charge on any atom is 0.276 e. The van der Waals surface area contributed by atoms with Gasteiger partial charge < -0.3 is 9.30 Å². The average Bonchev–Trinajstić information content (AvgIpc) is 3.39. The van der Waals surface area contributed by atoms with Gasteiger partial charge in [0.1, 0.15) is 10.7 Å². The normalized spacial score (nSPS) is 11.1. The third-order valence-corrected chi connectivity index (χ3v) is 5.49. The van der Waals surface area contributed by atoms with Crippen molar-refractivity contribution in [3.05, 3.63) is 53.0 Å². The van der Waals surface area contributed by atoms with Crippen molar-refractivity contribution in [1.82, 2.24) is 14.5 Å². The van der Waals surface area contributed by atoms with E-state index in [2.05, 4.69) is 38.1 Å². The van der Waals surface area contributed by atoms with Crippen molar-refractivity contribution in [2.45, 2.75) is 6.54 Å². The van der Waals surface area contributed by atoms with Crippen LogP contribution in [0.15, 0.2) is 47.3 Å². The van der Waals surface area contributed by atoms with Gasteiger partial charge in [0.25, 0.3) is 5.91 Å². The first-order valence-electron chi connectivity index (χ1n) is 8.00. The van der Waals surface area contributed by atoms with E-state index >= 15 is 0 Å². The summed E-state index contributed by atoms with van der Waals surface area (Å²) < 4.78 is 7.43. The summed E-state index contributed by atoms with van der Waals surface area (Å²) in [5, 5.41) is 8.87. The highest BCUT2D eigenvalue weighted by Crippen LogP contribution is 2.30. The fourth-order valence-electron chi connectivity index (χ4n) is 2.75. The number of para-hydroxylation sites is 1. The summed E-state index contributed by atoms with van der Waals surface area (Å²) in [6.45, 7) is 1.33. The minimum Gasteiger partial charge on any atom is -0.383 e. The second kappa shape index (κ2) is 7.36. The Labute approximate surface area is 158 Å². The quantitative estimate of drug-likeness (QED) is 0.543. The van der Waals surface area contributed by atoms with Gasteiger partial charge in [0.15, 0.2) is 5.13 Å². The lowest BCUT2D eigenvalue weighted by atomic mass is 10.2. The van der Waals surface area contributed by atoms with E-state index in [1.807, 2.05) is 17.5 Å². The summed E-state index contributed by atoms with van der Waals surface area (Å²) in [6.07, 6.45) is 1.65. The number of nitrogens with one attached hydrogen (secondary N) is 1. The molecule has 4 aromatic rings. The third-order valence-electron chi connectivity index (χ3n) is 3.94. The molecule has 0 atom stereocenters. The first kappa shape index (κ1) is 16.9. The van der Waals surface area contributed by atoms with E-state index in [9.17, 15) is 4.79 Å². The van der Waals surface area contributed by atoms with Crippen LogP contribution in [-0.4, -0.2) is 34.2 Å². The van der Waals surface area contributed by atoms with Crippen molar-refractivity contribution in [2.75, 3.05) is 19.0 Å². The molecule has 0 bridgehead atoms. The van der Waals surface area contributed by atoms with Crippen molar-refractivity contribution < 1.29 is 9.53 Å². The number of nitrogens with zero attached hydrogens (tertiary/aromatic N) is 3. The van der Waals surface area contributed by atoms with Gasteiger partial charge in [0, 0.05) is 41.5 Å². The molecular formula is C18H16N4O2S2. The molecule has 0 spiro atoms. The fourth-order valence-corrected chi connectivity index (χ4v) is 4.10. The van der Waals surface area contributed by atoms with Crippen LogP contribution in [0.3, 0.4) is 0 Å². The summed E-state index contributed by atoms with van der Waals surface area (Å²) in [7, 11) is 1.69. The molecule has 0 unspecified atom stereocenters. The van der Waals surface area contributed by atoms with E-state index < -0.39 is 0 Å². The first-order chi connectivity index (χ1) is 12.8. The van der Waals surface area contributed by atoms with Gasteiger partial charge in [-0.2, -0.15) is 0 Å². The number of methoxy groups -OCH3 is 1. The van der Waals surface area contributed by atoms with Gasteiger partial charge in [0.05, 0.1) is 12.3 Å². The van der Waals surface area contributed by atoms with E-state index in [0.717, 1.165) is 28.1 Å². The van der Waals surface area contributed by atoms with E-state index in [0.29, 0.717) is 17.4 Å². The zero-order chi connectivity index (χ0) is 17.9. The second-order valence-electron chi connectivity index (χ2n) is 5.56. The molecule has 4 rings (SSSR count). The number of fused-ring (bicyclic) bond motifs is 1. The summed E-state index contributed by atoms with van der Waals surface area (Å²) in [5.74, 6) is -0.248. The molecule has 1 N–H and O–H groups in total. The molecule has 0 aliphatic heterocycles. The molecule has 3 aromatic heterocycles. The maximum absolute atomic E-state index is 12.4. The monoisotopic (exact) mass is 384 g/mol. The highest BCUT2D eigenvalue weighted by atomic mass is 32.1. The zero-order valence-corrected chi connectivity index (χ0v) is 15.6. The Morgan fingerprint density at radius 1 is 1.31 bits per heavy atom. The minimum absolute atomic E-state index is 0.248. The lowest BCUT2D eigenvalue weighted by Crippen LogP contribution is -2.12. The number of thiazole rings is 2. The van der Waals surface area contributed by atoms with Crippen LogP contribution in [0.4, 0.5) is 5.13 Å². The number of carbonyl (C=O) groups excluding carboxylic acids is 1. The molecule has 1 amide bonds. The molecule has 26 heavy (non-hydrogen) atoms. The zero-order valence-electron chi connectivity index (χ0n) is 14.0. The molecule has 0 radical (unpaired) electrons. The van der Waals surface area contributed by atoms with Crippen molar-refractivity contribution in [2.24, 2.45) is 0 Å². The Balaban J connectivity index is 1.67. The lowest BCUT2D eigenvalue weighted by molar-refractivity contribution is 0.102. The molecule has 0 fully saturated rings.